The minimum Gasteiger partial charge on any atom is -0.356 e. The molecule has 0 radical (unpaired) electrons. The predicted molar refractivity (Wildman–Crippen MR) is 93.8 cm³/mol. The van der Waals surface area contributed by atoms with Gasteiger partial charge in [-0.05, 0) is 25.7 Å². The number of alkyl halides is 3. The third-order valence-corrected chi connectivity index (χ3v) is 6.00. The topological polar surface area (TPSA) is 49.3 Å². The molecule has 1 heterocycles. The Morgan fingerprint density at radius 1 is 1.46 bits per heavy atom. The monoisotopic (exact) mass is 380 g/mol. The van der Waals surface area contributed by atoms with Gasteiger partial charge < -0.3 is 10.6 Å². The van der Waals surface area contributed by atoms with Crippen molar-refractivity contribution in [2.24, 2.45) is 10.9 Å². The lowest BCUT2D eigenvalue weighted by atomic mass is 9.85. The molecule has 2 N–H and O–H groups in total. The number of aliphatic imine (C=N–C) groups is 1. The molecular formula is C15H23F3N4S2. The Bertz CT molecular complexity index is 505. The van der Waals surface area contributed by atoms with Crippen molar-refractivity contribution in [3.05, 3.63) is 11.6 Å². The van der Waals surface area contributed by atoms with Crippen molar-refractivity contribution in [3.63, 3.8) is 0 Å². The van der Waals surface area contributed by atoms with Crippen molar-refractivity contribution in [2.75, 3.05) is 19.3 Å². The van der Waals surface area contributed by atoms with E-state index >= 15 is 0 Å². The highest BCUT2D eigenvalue weighted by Crippen LogP contribution is 2.37. The number of thiazole rings is 1. The second kappa shape index (κ2) is 9.50. The SMILES string of the molecule is CN=C(NCCCSc1nccs1)NC1CCCC(C(F)(F)F)C1. The summed E-state index contributed by atoms with van der Waals surface area (Å²) >= 11 is 3.33. The highest BCUT2D eigenvalue weighted by atomic mass is 32.2. The molecule has 136 valence electrons. The number of rotatable bonds is 6. The van der Waals surface area contributed by atoms with Gasteiger partial charge in [-0.3, -0.25) is 4.99 Å². The maximum atomic E-state index is 12.9. The first-order valence-corrected chi connectivity index (χ1v) is 9.91. The highest BCUT2D eigenvalue weighted by molar-refractivity contribution is 8.00. The minimum absolute atomic E-state index is 0.129. The molecule has 4 nitrogen and oxygen atoms in total. The molecule has 0 saturated heterocycles. The number of hydrogen-bond acceptors (Lipinski definition) is 4. The van der Waals surface area contributed by atoms with Gasteiger partial charge in [0.1, 0.15) is 4.34 Å². The predicted octanol–water partition coefficient (Wildman–Crippen LogP) is 3.91. The summed E-state index contributed by atoms with van der Waals surface area (Å²) in [6, 6.07) is -0.165. The molecule has 0 aliphatic heterocycles. The van der Waals surface area contributed by atoms with E-state index in [2.05, 4.69) is 20.6 Å². The molecule has 0 spiro atoms. The van der Waals surface area contributed by atoms with E-state index in [-0.39, 0.29) is 18.9 Å². The van der Waals surface area contributed by atoms with Crippen LogP contribution >= 0.6 is 23.1 Å². The van der Waals surface area contributed by atoms with E-state index < -0.39 is 12.1 Å². The number of thioether (sulfide) groups is 1. The standard InChI is InChI=1S/C15H23F3N4S2/c1-19-13(20-6-3-8-23-14-21-7-9-24-14)22-12-5-2-4-11(10-12)15(16,17)18/h7,9,11-12H,2-6,8,10H2,1H3,(H2,19,20,22). The second-order valence-electron chi connectivity index (χ2n) is 5.75. The first-order valence-electron chi connectivity index (χ1n) is 8.05. The number of halogens is 3. The van der Waals surface area contributed by atoms with Crippen LogP contribution in [0, 0.1) is 5.92 Å². The maximum Gasteiger partial charge on any atom is 0.391 e. The average Bonchev–Trinajstić information content (AvgIpc) is 3.06. The van der Waals surface area contributed by atoms with Crippen LogP contribution in [0.2, 0.25) is 0 Å². The summed E-state index contributed by atoms with van der Waals surface area (Å²) in [6.45, 7) is 0.730. The summed E-state index contributed by atoms with van der Waals surface area (Å²) in [5.41, 5.74) is 0. The Morgan fingerprint density at radius 3 is 2.96 bits per heavy atom. The van der Waals surface area contributed by atoms with Crippen molar-refractivity contribution in [1.29, 1.82) is 0 Å². The minimum atomic E-state index is -4.09. The van der Waals surface area contributed by atoms with Crippen molar-refractivity contribution < 1.29 is 13.2 Å². The third kappa shape index (κ3) is 6.51. The first-order chi connectivity index (χ1) is 11.5. The smallest absolute Gasteiger partial charge is 0.356 e. The zero-order valence-corrected chi connectivity index (χ0v) is 15.2. The quantitative estimate of drug-likeness (QED) is 0.340. The number of nitrogens with zero attached hydrogens (tertiary/aromatic N) is 2. The third-order valence-electron chi connectivity index (χ3n) is 3.95. The van der Waals surface area contributed by atoms with Crippen LogP contribution in [0.3, 0.4) is 0 Å². The molecule has 0 amide bonds. The van der Waals surface area contributed by atoms with Crippen LogP contribution in [0.5, 0.6) is 0 Å². The van der Waals surface area contributed by atoms with E-state index in [1.807, 2.05) is 5.38 Å². The molecule has 1 aliphatic carbocycles. The summed E-state index contributed by atoms with van der Waals surface area (Å²) in [5.74, 6) is 0.329. The van der Waals surface area contributed by atoms with Crippen LogP contribution in [-0.4, -0.2) is 42.5 Å². The van der Waals surface area contributed by atoms with Gasteiger partial charge in [0.2, 0.25) is 0 Å². The molecule has 24 heavy (non-hydrogen) atoms. The Kier molecular flexibility index (Phi) is 7.67. The van der Waals surface area contributed by atoms with E-state index in [1.165, 1.54) is 0 Å². The molecule has 9 heteroatoms. The Morgan fingerprint density at radius 2 is 2.29 bits per heavy atom. The number of nitrogens with one attached hydrogen (secondary N) is 2. The van der Waals surface area contributed by atoms with Gasteiger partial charge in [-0.2, -0.15) is 13.2 Å². The number of aromatic nitrogens is 1. The molecule has 1 aromatic rings. The van der Waals surface area contributed by atoms with Gasteiger partial charge in [0, 0.05) is 37.0 Å². The van der Waals surface area contributed by atoms with Crippen molar-refractivity contribution in [3.8, 4) is 0 Å². The summed E-state index contributed by atoms with van der Waals surface area (Å²) in [6.07, 6.45) is 0.350. The fourth-order valence-electron chi connectivity index (χ4n) is 2.73. The van der Waals surface area contributed by atoms with Crippen LogP contribution in [0.1, 0.15) is 32.1 Å². The molecule has 2 unspecified atom stereocenters. The average molecular weight is 381 g/mol. The van der Waals surface area contributed by atoms with Crippen LogP contribution in [0.4, 0.5) is 13.2 Å². The molecule has 0 bridgehead atoms. The number of hydrogen-bond donors (Lipinski definition) is 2. The van der Waals surface area contributed by atoms with Crippen molar-refractivity contribution in [1.82, 2.24) is 15.6 Å². The molecule has 1 fully saturated rings. The largest absolute Gasteiger partial charge is 0.391 e. The van der Waals surface area contributed by atoms with Crippen molar-refractivity contribution >= 4 is 29.1 Å². The van der Waals surface area contributed by atoms with E-state index in [0.717, 1.165) is 29.5 Å². The molecule has 1 aliphatic rings. The fraction of sp³-hybridized carbons (Fsp3) is 0.733. The molecule has 2 rings (SSSR count). The van der Waals surface area contributed by atoms with E-state index in [4.69, 9.17) is 0 Å². The van der Waals surface area contributed by atoms with E-state index in [1.54, 1.807) is 36.3 Å². The normalized spacial score (nSPS) is 22.4. The van der Waals surface area contributed by atoms with Gasteiger partial charge in [-0.1, -0.05) is 18.2 Å². The van der Waals surface area contributed by atoms with Crippen LogP contribution in [0.15, 0.2) is 20.9 Å². The Hall–Kier alpha value is -0.960. The molecule has 1 saturated carbocycles. The summed E-state index contributed by atoms with van der Waals surface area (Å²) in [7, 11) is 1.64. The highest BCUT2D eigenvalue weighted by Gasteiger charge is 2.42. The van der Waals surface area contributed by atoms with Gasteiger partial charge in [-0.25, -0.2) is 4.98 Å². The summed E-state index contributed by atoms with van der Waals surface area (Å²) in [4.78, 5) is 8.32. The number of guanidine groups is 1. The summed E-state index contributed by atoms with van der Waals surface area (Å²) in [5, 5.41) is 8.26. The van der Waals surface area contributed by atoms with Gasteiger partial charge in [0.25, 0.3) is 0 Å². The maximum absolute atomic E-state index is 12.9. The second-order valence-corrected chi connectivity index (χ2v) is 7.98. The van der Waals surface area contributed by atoms with Crippen LogP contribution in [-0.2, 0) is 0 Å². The zero-order valence-electron chi connectivity index (χ0n) is 13.6. The lowest BCUT2D eigenvalue weighted by Gasteiger charge is -2.31. The van der Waals surface area contributed by atoms with E-state index in [0.29, 0.717) is 12.4 Å². The van der Waals surface area contributed by atoms with Gasteiger partial charge in [0.15, 0.2) is 5.96 Å². The van der Waals surface area contributed by atoms with Gasteiger partial charge in [0.05, 0.1) is 5.92 Å². The van der Waals surface area contributed by atoms with Crippen LogP contribution in [0.25, 0.3) is 0 Å². The Labute approximate surface area is 148 Å². The zero-order chi connectivity index (χ0) is 17.4. The summed E-state index contributed by atoms with van der Waals surface area (Å²) < 4.78 is 39.6. The van der Waals surface area contributed by atoms with Crippen LogP contribution < -0.4 is 10.6 Å². The lowest BCUT2D eigenvalue weighted by molar-refractivity contribution is -0.183. The van der Waals surface area contributed by atoms with Gasteiger partial charge >= 0.3 is 6.18 Å². The molecule has 2 atom stereocenters. The molecule has 1 aromatic heterocycles. The lowest BCUT2D eigenvalue weighted by Crippen LogP contribution is -2.47. The van der Waals surface area contributed by atoms with Gasteiger partial charge in [-0.15, -0.1) is 11.3 Å². The fourth-order valence-corrected chi connectivity index (χ4v) is 4.37. The Balaban J connectivity index is 1.66. The molecule has 0 aromatic carbocycles. The van der Waals surface area contributed by atoms with E-state index in [9.17, 15) is 13.2 Å². The first kappa shape index (κ1) is 19.4. The van der Waals surface area contributed by atoms with Crippen molar-refractivity contribution in [2.45, 2.75) is 48.7 Å². The molecular weight excluding hydrogens is 357 g/mol.